The SMILES string of the molecule is O=CC(Cc1ccc2c(c1)OCCO2)c1nccs1. The minimum absolute atomic E-state index is 0.192. The lowest BCUT2D eigenvalue weighted by Crippen LogP contribution is -2.15. The Morgan fingerprint density at radius 3 is 2.89 bits per heavy atom. The fraction of sp³-hybridized carbons (Fsp3) is 0.286. The summed E-state index contributed by atoms with van der Waals surface area (Å²) in [5.41, 5.74) is 1.05. The lowest BCUT2D eigenvalue weighted by molar-refractivity contribution is -0.109. The number of ether oxygens (including phenoxy) is 2. The Hall–Kier alpha value is -1.88. The third kappa shape index (κ3) is 2.61. The Labute approximate surface area is 115 Å². The molecule has 1 atom stereocenters. The van der Waals surface area contributed by atoms with E-state index >= 15 is 0 Å². The number of carbonyl (C=O) groups excluding carboxylic acids is 1. The molecule has 1 aromatic heterocycles. The van der Waals surface area contributed by atoms with Crippen LogP contribution in [0, 0.1) is 0 Å². The van der Waals surface area contributed by atoms with Crippen LogP contribution >= 0.6 is 11.3 Å². The summed E-state index contributed by atoms with van der Waals surface area (Å²) in [5.74, 6) is 1.34. The van der Waals surface area contributed by atoms with Crippen LogP contribution < -0.4 is 9.47 Å². The monoisotopic (exact) mass is 275 g/mol. The molecule has 0 N–H and O–H groups in total. The summed E-state index contributed by atoms with van der Waals surface area (Å²) in [5, 5.41) is 2.74. The Morgan fingerprint density at radius 1 is 1.32 bits per heavy atom. The second-order valence-corrected chi connectivity index (χ2v) is 5.22. The van der Waals surface area contributed by atoms with E-state index in [9.17, 15) is 4.79 Å². The highest BCUT2D eigenvalue weighted by atomic mass is 32.1. The molecule has 0 aliphatic carbocycles. The number of fused-ring (bicyclic) bond motifs is 1. The summed E-state index contributed by atoms with van der Waals surface area (Å²) in [6.45, 7) is 1.16. The van der Waals surface area contributed by atoms with Crippen molar-refractivity contribution in [3.8, 4) is 11.5 Å². The van der Waals surface area contributed by atoms with Crippen molar-refractivity contribution in [2.75, 3.05) is 13.2 Å². The van der Waals surface area contributed by atoms with Gasteiger partial charge in [0, 0.05) is 11.6 Å². The van der Waals surface area contributed by atoms with Gasteiger partial charge in [-0.2, -0.15) is 0 Å². The molecule has 3 rings (SSSR count). The Bertz CT molecular complexity index is 568. The van der Waals surface area contributed by atoms with Crippen LogP contribution in [0.25, 0.3) is 0 Å². The first-order valence-electron chi connectivity index (χ1n) is 6.10. The third-order valence-electron chi connectivity index (χ3n) is 3.00. The molecular formula is C14H13NO3S. The average Bonchev–Trinajstić information content (AvgIpc) is 2.98. The Balaban J connectivity index is 1.80. The molecule has 5 heteroatoms. The van der Waals surface area contributed by atoms with Gasteiger partial charge in [0.2, 0.25) is 0 Å². The molecule has 0 radical (unpaired) electrons. The van der Waals surface area contributed by atoms with Crippen molar-refractivity contribution in [3.63, 3.8) is 0 Å². The van der Waals surface area contributed by atoms with E-state index in [4.69, 9.17) is 9.47 Å². The zero-order chi connectivity index (χ0) is 13.1. The molecule has 0 saturated carbocycles. The van der Waals surface area contributed by atoms with Crippen LogP contribution in [-0.2, 0) is 11.2 Å². The van der Waals surface area contributed by atoms with Crippen molar-refractivity contribution in [1.82, 2.24) is 4.98 Å². The maximum Gasteiger partial charge on any atom is 0.161 e. The minimum Gasteiger partial charge on any atom is -0.486 e. The first-order valence-corrected chi connectivity index (χ1v) is 6.98. The van der Waals surface area contributed by atoms with Crippen molar-refractivity contribution in [1.29, 1.82) is 0 Å². The zero-order valence-corrected chi connectivity index (χ0v) is 11.1. The standard InChI is InChI=1S/C14H13NO3S/c16-9-11(14-15-3-6-19-14)7-10-1-2-12-13(8-10)18-5-4-17-12/h1-3,6,8-9,11H,4-5,7H2. The van der Waals surface area contributed by atoms with Crippen LogP contribution in [0.4, 0.5) is 0 Å². The van der Waals surface area contributed by atoms with Crippen molar-refractivity contribution in [2.45, 2.75) is 12.3 Å². The maximum atomic E-state index is 11.2. The quantitative estimate of drug-likeness (QED) is 0.804. The molecule has 1 aliphatic rings. The van der Waals surface area contributed by atoms with E-state index in [-0.39, 0.29) is 5.92 Å². The molecular weight excluding hydrogens is 262 g/mol. The summed E-state index contributed by atoms with van der Waals surface area (Å²) < 4.78 is 11.0. The van der Waals surface area contributed by atoms with Crippen molar-refractivity contribution in [3.05, 3.63) is 40.3 Å². The molecule has 2 aromatic rings. The number of hydrogen-bond acceptors (Lipinski definition) is 5. The van der Waals surface area contributed by atoms with Gasteiger partial charge in [0.25, 0.3) is 0 Å². The van der Waals surface area contributed by atoms with Gasteiger partial charge in [-0.05, 0) is 24.1 Å². The molecule has 2 heterocycles. The van der Waals surface area contributed by atoms with Crippen molar-refractivity contribution >= 4 is 17.6 Å². The summed E-state index contributed by atoms with van der Waals surface area (Å²) in [6, 6.07) is 5.81. The first kappa shape index (κ1) is 12.2. The number of benzene rings is 1. The van der Waals surface area contributed by atoms with E-state index in [1.807, 2.05) is 23.6 Å². The second kappa shape index (κ2) is 5.40. The van der Waals surface area contributed by atoms with Gasteiger partial charge in [0.05, 0.1) is 5.92 Å². The van der Waals surface area contributed by atoms with Crippen molar-refractivity contribution < 1.29 is 14.3 Å². The molecule has 0 bridgehead atoms. The average molecular weight is 275 g/mol. The predicted molar refractivity (Wildman–Crippen MR) is 72.1 cm³/mol. The maximum absolute atomic E-state index is 11.2. The normalized spacial score (nSPS) is 14.9. The van der Waals surface area contributed by atoms with E-state index in [1.54, 1.807) is 6.20 Å². The van der Waals surface area contributed by atoms with E-state index in [1.165, 1.54) is 11.3 Å². The molecule has 1 aromatic carbocycles. The summed E-state index contributed by atoms with van der Waals surface area (Å²) in [7, 11) is 0. The van der Waals surface area contributed by atoms with Crippen LogP contribution in [0.1, 0.15) is 16.5 Å². The number of thiazole rings is 1. The van der Waals surface area contributed by atoms with Gasteiger partial charge in [-0.1, -0.05) is 6.07 Å². The highest BCUT2D eigenvalue weighted by molar-refractivity contribution is 7.09. The summed E-state index contributed by atoms with van der Waals surface area (Å²) in [4.78, 5) is 15.4. The summed E-state index contributed by atoms with van der Waals surface area (Å²) >= 11 is 1.51. The minimum atomic E-state index is -0.192. The number of rotatable bonds is 4. The largest absolute Gasteiger partial charge is 0.486 e. The van der Waals surface area contributed by atoms with E-state index < -0.39 is 0 Å². The van der Waals surface area contributed by atoms with E-state index in [2.05, 4.69) is 4.98 Å². The van der Waals surface area contributed by atoms with Gasteiger partial charge >= 0.3 is 0 Å². The molecule has 0 spiro atoms. The van der Waals surface area contributed by atoms with E-state index in [0.717, 1.165) is 28.4 Å². The lowest BCUT2D eigenvalue weighted by atomic mass is 10.0. The van der Waals surface area contributed by atoms with Crippen LogP contribution in [0.3, 0.4) is 0 Å². The zero-order valence-electron chi connectivity index (χ0n) is 10.2. The smallest absolute Gasteiger partial charge is 0.161 e. The highest BCUT2D eigenvalue weighted by Crippen LogP contribution is 2.32. The second-order valence-electron chi connectivity index (χ2n) is 4.30. The van der Waals surface area contributed by atoms with Crippen LogP contribution in [-0.4, -0.2) is 24.5 Å². The Morgan fingerprint density at radius 2 is 2.16 bits per heavy atom. The molecule has 4 nitrogen and oxygen atoms in total. The highest BCUT2D eigenvalue weighted by Gasteiger charge is 2.17. The summed E-state index contributed by atoms with van der Waals surface area (Å²) in [6.07, 6.45) is 3.31. The molecule has 1 unspecified atom stereocenters. The van der Waals surface area contributed by atoms with Gasteiger partial charge < -0.3 is 14.3 Å². The topological polar surface area (TPSA) is 48.4 Å². The number of nitrogens with zero attached hydrogens (tertiary/aromatic N) is 1. The van der Waals surface area contributed by atoms with Gasteiger partial charge in [0.1, 0.15) is 24.5 Å². The van der Waals surface area contributed by atoms with E-state index in [0.29, 0.717) is 19.6 Å². The van der Waals surface area contributed by atoms with Gasteiger partial charge in [-0.25, -0.2) is 4.98 Å². The lowest BCUT2D eigenvalue weighted by Gasteiger charge is -2.19. The molecule has 0 saturated heterocycles. The van der Waals surface area contributed by atoms with Crippen molar-refractivity contribution in [2.24, 2.45) is 0 Å². The number of aldehydes is 1. The molecule has 1 aliphatic heterocycles. The van der Waals surface area contributed by atoms with Crippen LogP contribution in [0.2, 0.25) is 0 Å². The van der Waals surface area contributed by atoms with Gasteiger partial charge in [-0.3, -0.25) is 0 Å². The third-order valence-corrected chi connectivity index (χ3v) is 3.90. The molecule has 98 valence electrons. The Kier molecular flexibility index (Phi) is 3.46. The molecule has 0 fully saturated rings. The predicted octanol–water partition coefficient (Wildman–Crippen LogP) is 2.44. The van der Waals surface area contributed by atoms with Gasteiger partial charge in [0.15, 0.2) is 11.5 Å². The number of hydrogen-bond donors (Lipinski definition) is 0. The first-order chi connectivity index (χ1) is 9.36. The van der Waals surface area contributed by atoms with Crippen LogP contribution in [0.15, 0.2) is 29.8 Å². The molecule has 19 heavy (non-hydrogen) atoms. The fourth-order valence-electron chi connectivity index (χ4n) is 2.08. The number of aromatic nitrogens is 1. The van der Waals surface area contributed by atoms with Gasteiger partial charge in [-0.15, -0.1) is 11.3 Å². The molecule has 0 amide bonds. The number of carbonyl (C=O) groups is 1. The van der Waals surface area contributed by atoms with Crippen LogP contribution in [0.5, 0.6) is 11.5 Å². The fourth-order valence-corrected chi connectivity index (χ4v) is 2.78.